The molecular formula is C12H15BrCl2N2O2. The molecule has 0 saturated carbocycles. The lowest BCUT2D eigenvalue weighted by Crippen LogP contribution is -2.33. The zero-order valence-electron chi connectivity index (χ0n) is 10.6. The molecule has 0 amide bonds. The van der Waals surface area contributed by atoms with Gasteiger partial charge in [0.2, 0.25) is 0 Å². The van der Waals surface area contributed by atoms with Gasteiger partial charge in [-0.1, -0.05) is 42.2 Å². The fraction of sp³-hybridized carbons (Fsp3) is 0.417. The molecule has 7 heteroatoms. The molecule has 0 aliphatic carbocycles. The Balaban J connectivity index is 2.66. The third kappa shape index (κ3) is 4.44. The fourth-order valence-electron chi connectivity index (χ4n) is 1.29. The maximum absolute atomic E-state index is 8.68. The summed E-state index contributed by atoms with van der Waals surface area (Å²) < 4.78 is 6.29. The fourth-order valence-corrected chi connectivity index (χ4v) is 2.14. The molecule has 0 aromatic heterocycles. The van der Waals surface area contributed by atoms with E-state index in [1.54, 1.807) is 12.1 Å². The van der Waals surface area contributed by atoms with E-state index < -0.39 is 5.41 Å². The SMILES string of the molecule is CC(C)(CCOc1cc(Cl)c(Br)cc1Cl)/C(N)=N/O. The van der Waals surface area contributed by atoms with Gasteiger partial charge in [0, 0.05) is 16.0 Å². The second kappa shape index (κ2) is 6.68. The zero-order valence-corrected chi connectivity index (χ0v) is 13.7. The monoisotopic (exact) mass is 368 g/mol. The number of hydrogen-bond donors (Lipinski definition) is 2. The minimum absolute atomic E-state index is 0.163. The minimum Gasteiger partial charge on any atom is -0.492 e. The summed E-state index contributed by atoms with van der Waals surface area (Å²) in [5, 5.41) is 12.7. The Labute approximate surface area is 130 Å². The third-order valence-electron chi connectivity index (χ3n) is 2.76. The maximum atomic E-state index is 8.68. The number of nitrogens with two attached hydrogens (primary N) is 1. The first-order valence-corrected chi connectivity index (χ1v) is 7.08. The zero-order chi connectivity index (χ0) is 14.6. The number of ether oxygens (including phenoxy) is 1. The molecule has 106 valence electrons. The molecule has 0 saturated heterocycles. The average Bonchev–Trinajstić information content (AvgIpc) is 2.34. The Morgan fingerprint density at radius 2 is 2.05 bits per heavy atom. The van der Waals surface area contributed by atoms with Crippen LogP contribution in [-0.2, 0) is 0 Å². The summed E-state index contributed by atoms with van der Waals surface area (Å²) in [7, 11) is 0. The minimum atomic E-state index is -0.458. The Hall–Kier alpha value is -0.650. The van der Waals surface area contributed by atoms with E-state index in [0.29, 0.717) is 33.3 Å². The summed E-state index contributed by atoms with van der Waals surface area (Å²) >= 11 is 15.3. The van der Waals surface area contributed by atoms with E-state index in [1.165, 1.54) is 0 Å². The van der Waals surface area contributed by atoms with E-state index in [4.69, 9.17) is 38.9 Å². The molecule has 1 rings (SSSR count). The highest BCUT2D eigenvalue weighted by atomic mass is 79.9. The van der Waals surface area contributed by atoms with Crippen molar-refractivity contribution in [1.29, 1.82) is 0 Å². The lowest BCUT2D eigenvalue weighted by Gasteiger charge is -2.22. The molecule has 0 fully saturated rings. The number of hydrogen-bond acceptors (Lipinski definition) is 3. The molecule has 1 aromatic carbocycles. The van der Waals surface area contributed by atoms with Crippen molar-refractivity contribution in [1.82, 2.24) is 0 Å². The van der Waals surface area contributed by atoms with Crippen LogP contribution >= 0.6 is 39.1 Å². The second-order valence-corrected chi connectivity index (χ2v) is 6.33. The van der Waals surface area contributed by atoms with Gasteiger partial charge in [-0.15, -0.1) is 0 Å². The van der Waals surface area contributed by atoms with Gasteiger partial charge in [0.15, 0.2) is 0 Å². The van der Waals surface area contributed by atoms with Gasteiger partial charge in [-0.25, -0.2) is 0 Å². The summed E-state index contributed by atoms with van der Waals surface area (Å²) in [5.74, 6) is 0.668. The van der Waals surface area contributed by atoms with Crippen molar-refractivity contribution >= 4 is 45.0 Å². The molecule has 1 aromatic rings. The largest absolute Gasteiger partial charge is 0.492 e. The number of oxime groups is 1. The summed E-state index contributed by atoms with van der Waals surface area (Å²) in [5.41, 5.74) is 5.14. The maximum Gasteiger partial charge on any atom is 0.144 e. The molecular weight excluding hydrogens is 355 g/mol. The van der Waals surface area contributed by atoms with Crippen LogP contribution < -0.4 is 10.5 Å². The van der Waals surface area contributed by atoms with Gasteiger partial charge in [0.1, 0.15) is 11.6 Å². The van der Waals surface area contributed by atoms with E-state index in [2.05, 4.69) is 21.1 Å². The van der Waals surface area contributed by atoms with Gasteiger partial charge >= 0.3 is 0 Å². The van der Waals surface area contributed by atoms with Gasteiger partial charge < -0.3 is 15.7 Å². The Morgan fingerprint density at radius 1 is 1.42 bits per heavy atom. The van der Waals surface area contributed by atoms with E-state index in [-0.39, 0.29) is 5.84 Å². The lowest BCUT2D eigenvalue weighted by atomic mass is 9.88. The van der Waals surface area contributed by atoms with Crippen LogP contribution in [0.15, 0.2) is 21.8 Å². The molecule has 0 aliphatic rings. The number of nitrogens with zero attached hydrogens (tertiary/aromatic N) is 1. The second-order valence-electron chi connectivity index (χ2n) is 4.66. The van der Waals surface area contributed by atoms with Gasteiger partial charge in [0.05, 0.1) is 16.7 Å². The molecule has 4 nitrogen and oxygen atoms in total. The van der Waals surface area contributed by atoms with Crippen LogP contribution in [0.4, 0.5) is 0 Å². The first-order chi connectivity index (χ1) is 8.77. The van der Waals surface area contributed by atoms with E-state index >= 15 is 0 Å². The predicted octanol–water partition coefficient (Wildman–Crippen LogP) is 4.30. The molecule has 0 aliphatic heterocycles. The highest BCUT2D eigenvalue weighted by molar-refractivity contribution is 9.10. The van der Waals surface area contributed by atoms with Crippen LogP contribution in [-0.4, -0.2) is 17.6 Å². The Morgan fingerprint density at radius 3 is 2.63 bits per heavy atom. The van der Waals surface area contributed by atoms with Crippen LogP contribution in [0, 0.1) is 5.41 Å². The molecule has 0 radical (unpaired) electrons. The number of amidine groups is 1. The first kappa shape index (κ1) is 16.4. The summed E-state index contributed by atoms with van der Waals surface area (Å²) in [6.45, 7) is 4.10. The van der Waals surface area contributed by atoms with E-state index in [1.807, 2.05) is 13.8 Å². The Kier molecular flexibility index (Phi) is 5.77. The highest BCUT2D eigenvalue weighted by Crippen LogP contribution is 2.34. The van der Waals surface area contributed by atoms with Crippen LogP contribution in [0.2, 0.25) is 10.0 Å². The van der Waals surface area contributed by atoms with Crippen molar-refractivity contribution in [3.05, 3.63) is 26.7 Å². The van der Waals surface area contributed by atoms with Crippen LogP contribution in [0.5, 0.6) is 5.75 Å². The van der Waals surface area contributed by atoms with E-state index in [9.17, 15) is 0 Å². The van der Waals surface area contributed by atoms with E-state index in [0.717, 1.165) is 0 Å². The van der Waals surface area contributed by atoms with Crippen molar-refractivity contribution in [2.45, 2.75) is 20.3 Å². The van der Waals surface area contributed by atoms with Crippen molar-refractivity contribution in [3.63, 3.8) is 0 Å². The van der Waals surface area contributed by atoms with Gasteiger partial charge in [-0.2, -0.15) is 0 Å². The molecule has 0 spiro atoms. The van der Waals surface area contributed by atoms with Crippen molar-refractivity contribution in [2.24, 2.45) is 16.3 Å². The Bertz CT molecular complexity index is 493. The number of benzene rings is 1. The predicted molar refractivity (Wildman–Crippen MR) is 81.5 cm³/mol. The molecule has 3 N–H and O–H groups in total. The van der Waals surface area contributed by atoms with Crippen LogP contribution in [0.3, 0.4) is 0 Å². The van der Waals surface area contributed by atoms with Gasteiger partial charge in [-0.05, 0) is 28.4 Å². The standard InChI is InChI=1S/C12H15BrCl2N2O2/c1-12(2,11(16)17-18)3-4-19-10-6-8(14)7(13)5-9(10)15/h5-6,18H,3-4H2,1-2H3,(H2,16,17). The smallest absolute Gasteiger partial charge is 0.144 e. The quantitative estimate of drug-likeness (QED) is 0.267. The van der Waals surface area contributed by atoms with Gasteiger partial charge in [0.25, 0.3) is 0 Å². The molecule has 0 bridgehead atoms. The van der Waals surface area contributed by atoms with Crippen LogP contribution in [0.1, 0.15) is 20.3 Å². The number of halogens is 3. The summed E-state index contributed by atoms with van der Waals surface area (Å²) in [4.78, 5) is 0. The molecule has 0 unspecified atom stereocenters. The highest BCUT2D eigenvalue weighted by Gasteiger charge is 2.23. The van der Waals surface area contributed by atoms with Crippen molar-refractivity contribution in [3.8, 4) is 5.75 Å². The van der Waals surface area contributed by atoms with Crippen molar-refractivity contribution < 1.29 is 9.94 Å². The summed E-state index contributed by atoms with van der Waals surface area (Å²) in [6.07, 6.45) is 0.576. The van der Waals surface area contributed by atoms with Crippen molar-refractivity contribution in [2.75, 3.05) is 6.61 Å². The first-order valence-electron chi connectivity index (χ1n) is 5.53. The molecule has 19 heavy (non-hydrogen) atoms. The lowest BCUT2D eigenvalue weighted by molar-refractivity contribution is 0.259. The topological polar surface area (TPSA) is 67.8 Å². The van der Waals surface area contributed by atoms with Crippen LogP contribution in [0.25, 0.3) is 0 Å². The summed E-state index contributed by atoms with van der Waals surface area (Å²) in [6, 6.07) is 3.32. The number of rotatable bonds is 5. The molecule has 0 heterocycles. The normalized spacial score (nSPS) is 12.6. The average molecular weight is 370 g/mol. The molecule has 0 atom stereocenters. The van der Waals surface area contributed by atoms with Gasteiger partial charge in [-0.3, -0.25) is 0 Å². The third-order valence-corrected chi connectivity index (χ3v) is 4.25.